The summed E-state index contributed by atoms with van der Waals surface area (Å²) in [6.45, 7) is 4.19. The molecule has 2 nitrogen and oxygen atoms in total. The van der Waals surface area contributed by atoms with Gasteiger partial charge in [0.2, 0.25) is 0 Å². The van der Waals surface area contributed by atoms with Crippen molar-refractivity contribution in [1.29, 1.82) is 0 Å². The molecule has 18 heavy (non-hydrogen) atoms. The minimum Gasteiger partial charge on any atom is -0.398 e. The summed E-state index contributed by atoms with van der Waals surface area (Å²) in [7, 11) is -0.947. The Morgan fingerprint density at radius 1 is 1.33 bits per heavy atom. The first-order valence-electron chi connectivity index (χ1n) is 6.90. The number of nitrogens with two attached hydrogens (primary N) is 1. The molecule has 0 aliphatic heterocycles. The fourth-order valence-electron chi connectivity index (χ4n) is 2.91. The molecular weight excluding hydrogens is 242 g/mol. The first-order chi connectivity index (χ1) is 8.65. The van der Waals surface area contributed by atoms with E-state index in [0.29, 0.717) is 11.2 Å². The van der Waals surface area contributed by atoms with Crippen LogP contribution in [0.1, 0.15) is 44.6 Å². The zero-order valence-corrected chi connectivity index (χ0v) is 12.1. The lowest BCUT2D eigenvalue weighted by molar-refractivity contribution is 0.355. The van der Waals surface area contributed by atoms with Crippen molar-refractivity contribution in [2.75, 3.05) is 5.73 Å². The average molecular weight is 265 g/mol. The lowest BCUT2D eigenvalue weighted by Crippen LogP contribution is -2.29. The topological polar surface area (TPSA) is 43.1 Å². The van der Waals surface area contributed by atoms with Crippen molar-refractivity contribution in [3.05, 3.63) is 23.8 Å². The molecule has 1 aromatic carbocycles. The average Bonchev–Trinajstić information content (AvgIpc) is 2.41. The predicted molar refractivity (Wildman–Crippen MR) is 78.0 cm³/mol. The van der Waals surface area contributed by atoms with E-state index >= 15 is 0 Å². The van der Waals surface area contributed by atoms with E-state index in [1.807, 2.05) is 25.1 Å². The summed E-state index contributed by atoms with van der Waals surface area (Å²) in [4.78, 5) is 0.848. The van der Waals surface area contributed by atoms with Crippen LogP contribution in [-0.4, -0.2) is 9.46 Å². The number of para-hydroxylation sites is 1. The van der Waals surface area contributed by atoms with E-state index in [-0.39, 0.29) is 0 Å². The van der Waals surface area contributed by atoms with Crippen LogP contribution in [0.15, 0.2) is 23.1 Å². The Morgan fingerprint density at radius 3 is 2.78 bits per heavy atom. The predicted octanol–water partition coefficient (Wildman–Crippen LogP) is 3.65. The second kappa shape index (κ2) is 5.87. The Bertz CT molecular complexity index is 444. The second-order valence-corrected chi connectivity index (χ2v) is 6.92. The van der Waals surface area contributed by atoms with E-state index in [1.165, 1.54) is 19.3 Å². The number of benzene rings is 1. The largest absolute Gasteiger partial charge is 0.398 e. The molecule has 0 heterocycles. The first-order valence-corrected chi connectivity index (χ1v) is 8.12. The Morgan fingerprint density at radius 2 is 2.06 bits per heavy atom. The van der Waals surface area contributed by atoms with Gasteiger partial charge in [0.05, 0.1) is 21.4 Å². The summed E-state index contributed by atoms with van der Waals surface area (Å²) in [6, 6.07) is 5.87. The summed E-state index contributed by atoms with van der Waals surface area (Å²) in [5.74, 6) is 0.597. The summed E-state index contributed by atoms with van der Waals surface area (Å²) in [5.41, 5.74) is 7.83. The van der Waals surface area contributed by atoms with Crippen LogP contribution in [0.5, 0.6) is 0 Å². The van der Waals surface area contributed by atoms with Gasteiger partial charge in [-0.15, -0.1) is 0 Å². The molecule has 1 aromatic rings. The lowest BCUT2D eigenvalue weighted by atomic mass is 9.87. The highest BCUT2D eigenvalue weighted by Gasteiger charge is 2.30. The molecule has 0 amide bonds. The molecule has 3 atom stereocenters. The lowest BCUT2D eigenvalue weighted by Gasteiger charge is -2.30. The number of aryl methyl sites for hydroxylation is 1. The third kappa shape index (κ3) is 2.61. The summed E-state index contributed by atoms with van der Waals surface area (Å²) in [5, 5.41) is 0.299. The normalized spacial score (nSPS) is 25.9. The van der Waals surface area contributed by atoms with Crippen LogP contribution in [0.25, 0.3) is 0 Å². The summed E-state index contributed by atoms with van der Waals surface area (Å²) < 4.78 is 12.8. The number of nitrogen functional groups attached to an aromatic ring is 1. The molecule has 0 bridgehead atoms. The molecule has 0 saturated heterocycles. The van der Waals surface area contributed by atoms with E-state index in [9.17, 15) is 4.21 Å². The van der Waals surface area contributed by atoms with Crippen molar-refractivity contribution in [3.8, 4) is 0 Å². The molecule has 1 fully saturated rings. The van der Waals surface area contributed by atoms with Gasteiger partial charge in [0, 0.05) is 5.25 Å². The van der Waals surface area contributed by atoms with Crippen molar-refractivity contribution in [2.24, 2.45) is 5.92 Å². The molecule has 1 saturated carbocycles. The molecule has 1 aliphatic carbocycles. The van der Waals surface area contributed by atoms with E-state index in [0.717, 1.165) is 29.0 Å². The molecule has 3 heteroatoms. The summed E-state index contributed by atoms with van der Waals surface area (Å²) >= 11 is 0. The molecule has 100 valence electrons. The zero-order chi connectivity index (χ0) is 13.1. The second-order valence-electron chi connectivity index (χ2n) is 5.28. The van der Waals surface area contributed by atoms with E-state index in [2.05, 4.69) is 6.92 Å². The van der Waals surface area contributed by atoms with Crippen LogP contribution in [0.2, 0.25) is 0 Å². The van der Waals surface area contributed by atoms with Crippen LogP contribution in [-0.2, 0) is 10.8 Å². The quantitative estimate of drug-likeness (QED) is 0.848. The standard InChI is InChI=1S/C15H23NOS/c1-3-12-8-4-5-9-13(12)18(17)14-10-6-7-11(2)15(14)16/h6-7,10,12-13H,3-5,8-9,16H2,1-2H3. The Labute approximate surface area is 112 Å². The Hall–Kier alpha value is -0.830. The number of anilines is 1. The third-order valence-electron chi connectivity index (χ3n) is 4.14. The molecule has 1 aliphatic rings. The number of hydrogen-bond acceptors (Lipinski definition) is 2. The van der Waals surface area contributed by atoms with E-state index in [4.69, 9.17) is 5.73 Å². The summed E-state index contributed by atoms with van der Waals surface area (Å²) in [6.07, 6.45) is 5.92. The van der Waals surface area contributed by atoms with Crippen molar-refractivity contribution < 1.29 is 4.21 Å². The maximum Gasteiger partial charge on any atom is 0.0623 e. The monoisotopic (exact) mass is 265 g/mol. The molecule has 0 aromatic heterocycles. The Kier molecular flexibility index (Phi) is 4.44. The van der Waals surface area contributed by atoms with Gasteiger partial charge in [-0.25, -0.2) is 0 Å². The minimum atomic E-state index is -0.947. The van der Waals surface area contributed by atoms with Gasteiger partial charge >= 0.3 is 0 Å². The highest BCUT2D eigenvalue weighted by Crippen LogP contribution is 2.34. The van der Waals surface area contributed by atoms with Gasteiger partial charge in [0.1, 0.15) is 0 Å². The van der Waals surface area contributed by atoms with Crippen LogP contribution in [0, 0.1) is 12.8 Å². The molecule has 2 rings (SSSR count). The molecule has 0 spiro atoms. The zero-order valence-electron chi connectivity index (χ0n) is 11.3. The first kappa shape index (κ1) is 13.6. The SMILES string of the molecule is CCC1CCCCC1S(=O)c1cccc(C)c1N. The fraction of sp³-hybridized carbons (Fsp3) is 0.600. The van der Waals surface area contributed by atoms with Gasteiger partial charge < -0.3 is 5.73 Å². The van der Waals surface area contributed by atoms with Crippen molar-refractivity contribution in [2.45, 2.75) is 56.1 Å². The molecule has 0 radical (unpaired) electrons. The number of hydrogen-bond donors (Lipinski definition) is 1. The van der Waals surface area contributed by atoms with Crippen molar-refractivity contribution in [3.63, 3.8) is 0 Å². The highest BCUT2D eigenvalue weighted by atomic mass is 32.2. The fourth-order valence-corrected chi connectivity index (χ4v) is 4.89. The van der Waals surface area contributed by atoms with Crippen LogP contribution >= 0.6 is 0 Å². The maximum absolute atomic E-state index is 12.8. The van der Waals surface area contributed by atoms with Crippen molar-refractivity contribution in [1.82, 2.24) is 0 Å². The van der Waals surface area contributed by atoms with Gasteiger partial charge in [-0.2, -0.15) is 0 Å². The Balaban J connectivity index is 2.27. The molecule has 3 unspecified atom stereocenters. The smallest absolute Gasteiger partial charge is 0.0623 e. The van der Waals surface area contributed by atoms with Gasteiger partial charge in [-0.1, -0.05) is 38.3 Å². The van der Waals surface area contributed by atoms with E-state index in [1.54, 1.807) is 0 Å². The van der Waals surface area contributed by atoms with E-state index < -0.39 is 10.8 Å². The molecule has 2 N–H and O–H groups in total. The highest BCUT2D eigenvalue weighted by molar-refractivity contribution is 7.85. The third-order valence-corrected chi connectivity index (χ3v) is 6.10. The van der Waals surface area contributed by atoms with Gasteiger partial charge in [-0.3, -0.25) is 4.21 Å². The van der Waals surface area contributed by atoms with Crippen LogP contribution in [0.4, 0.5) is 5.69 Å². The molecular formula is C15H23NOS. The van der Waals surface area contributed by atoms with Gasteiger partial charge in [-0.05, 0) is 37.3 Å². The van der Waals surface area contributed by atoms with Gasteiger partial charge in [0.15, 0.2) is 0 Å². The van der Waals surface area contributed by atoms with Crippen molar-refractivity contribution >= 4 is 16.5 Å². The van der Waals surface area contributed by atoms with Crippen LogP contribution < -0.4 is 5.73 Å². The maximum atomic E-state index is 12.8. The number of rotatable bonds is 3. The van der Waals surface area contributed by atoms with Gasteiger partial charge in [0.25, 0.3) is 0 Å². The van der Waals surface area contributed by atoms with Crippen LogP contribution in [0.3, 0.4) is 0 Å². The minimum absolute atomic E-state index is 0.299.